The number of aromatic nitrogens is 3. The monoisotopic (exact) mass is 506 g/mol. The van der Waals surface area contributed by atoms with Crippen molar-refractivity contribution in [3.63, 3.8) is 0 Å². The molecule has 2 aromatic heterocycles. The summed E-state index contributed by atoms with van der Waals surface area (Å²) in [6, 6.07) is 12.5. The molecule has 4 rings (SSSR count). The van der Waals surface area contributed by atoms with Gasteiger partial charge in [0.1, 0.15) is 0 Å². The summed E-state index contributed by atoms with van der Waals surface area (Å²) < 4.78 is 10.6. The Balaban J connectivity index is 1.57. The van der Waals surface area contributed by atoms with Crippen LogP contribution in [0.4, 0.5) is 5.95 Å². The minimum absolute atomic E-state index is 0.234. The van der Waals surface area contributed by atoms with E-state index in [4.69, 9.17) is 21.1 Å². The average molecular weight is 507 g/mol. The van der Waals surface area contributed by atoms with Crippen molar-refractivity contribution in [2.45, 2.75) is 20.3 Å². The number of aryl methyl sites for hydroxylation is 2. The molecule has 0 bridgehead atoms. The number of guanidine groups is 1. The number of hydrogen-bond donors (Lipinski definition) is 3. The summed E-state index contributed by atoms with van der Waals surface area (Å²) in [5, 5.41) is 7.59. The Morgan fingerprint density at radius 1 is 1.03 bits per heavy atom. The van der Waals surface area contributed by atoms with Crippen molar-refractivity contribution in [2.75, 3.05) is 26.1 Å². The number of nitrogens with zero attached hydrogens (tertiary/aromatic N) is 3. The van der Waals surface area contributed by atoms with Gasteiger partial charge in [-0.2, -0.15) is 0 Å². The molecule has 0 saturated heterocycles. The van der Waals surface area contributed by atoms with Crippen LogP contribution in [0.15, 0.2) is 53.7 Å². The highest BCUT2D eigenvalue weighted by Gasteiger charge is 2.14. The van der Waals surface area contributed by atoms with Crippen molar-refractivity contribution in [1.82, 2.24) is 20.3 Å². The number of anilines is 1. The first-order valence-corrected chi connectivity index (χ1v) is 11.7. The predicted octanol–water partition coefficient (Wildman–Crippen LogP) is 4.69. The van der Waals surface area contributed by atoms with E-state index >= 15 is 0 Å². The number of carbonyl (C=O) groups excluding carboxylic acids is 1. The summed E-state index contributed by atoms with van der Waals surface area (Å²) in [7, 11) is 3.06. The molecule has 0 aliphatic heterocycles. The van der Waals surface area contributed by atoms with E-state index in [1.54, 1.807) is 18.2 Å². The molecule has 0 unspecified atom stereocenters. The first-order chi connectivity index (χ1) is 17.4. The molecular weight excluding hydrogens is 480 g/mol. The van der Waals surface area contributed by atoms with Gasteiger partial charge in [0.25, 0.3) is 5.91 Å². The lowest BCUT2D eigenvalue weighted by Crippen LogP contribution is -2.37. The van der Waals surface area contributed by atoms with E-state index in [0.717, 1.165) is 27.9 Å². The molecule has 2 aromatic carbocycles. The van der Waals surface area contributed by atoms with Crippen molar-refractivity contribution >= 4 is 40.3 Å². The van der Waals surface area contributed by atoms with Crippen molar-refractivity contribution in [3.05, 3.63) is 76.2 Å². The third kappa shape index (κ3) is 5.92. The molecule has 0 aliphatic carbocycles. The lowest BCUT2D eigenvalue weighted by Gasteiger charge is -2.13. The molecule has 0 radical (unpaired) electrons. The second-order valence-corrected chi connectivity index (χ2v) is 8.54. The minimum atomic E-state index is -0.370. The maximum atomic E-state index is 13.1. The molecule has 3 N–H and O–H groups in total. The van der Waals surface area contributed by atoms with Gasteiger partial charge in [-0.1, -0.05) is 11.6 Å². The van der Waals surface area contributed by atoms with Gasteiger partial charge in [0.2, 0.25) is 11.9 Å². The molecule has 4 aromatic rings. The largest absolute Gasteiger partial charge is 0.493 e. The standard InChI is InChI=1S/C26H27ClN6O3/c1-15-11-16(2)31-26(30-15)33-25(32-24(34)17-5-8-22(35-3)23(12-17)36-4)28-10-9-18-14-29-21-7-6-19(27)13-20(18)21/h5-8,11-14,29H,9-10H2,1-4H3,(H2,28,30,31,32,33,34). The molecule has 2 heterocycles. The third-order valence-corrected chi connectivity index (χ3v) is 5.71. The number of aliphatic imine (C=N–C) groups is 1. The lowest BCUT2D eigenvalue weighted by molar-refractivity contribution is 0.0976. The third-order valence-electron chi connectivity index (χ3n) is 5.47. The highest BCUT2D eigenvalue weighted by atomic mass is 35.5. The number of carbonyl (C=O) groups is 1. The second kappa shape index (κ2) is 11.1. The zero-order chi connectivity index (χ0) is 25.7. The van der Waals surface area contributed by atoms with E-state index < -0.39 is 0 Å². The van der Waals surface area contributed by atoms with E-state index in [1.165, 1.54) is 14.2 Å². The summed E-state index contributed by atoms with van der Waals surface area (Å²) >= 11 is 6.17. The molecule has 0 fully saturated rings. The zero-order valence-corrected chi connectivity index (χ0v) is 21.2. The van der Waals surface area contributed by atoms with Crippen LogP contribution in [-0.4, -0.2) is 47.6 Å². The van der Waals surface area contributed by atoms with Gasteiger partial charge in [0.15, 0.2) is 11.5 Å². The Labute approximate surface area is 213 Å². The number of hydrogen-bond acceptors (Lipinski definition) is 6. The Kier molecular flexibility index (Phi) is 7.70. The summed E-state index contributed by atoms with van der Waals surface area (Å²) in [4.78, 5) is 29.7. The first-order valence-electron chi connectivity index (χ1n) is 11.3. The maximum absolute atomic E-state index is 13.1. The number of halogens is 1. The summed E-state index contributed by atoms with van der Waals surface area (Å²) in [6.07, 6.45) is 2.57. The van der Waals surface area contributed by atoms with Crippen LogP contribution in [-0.2, 0) is 6.42 Å². The van der Waals surface area contributed by atoms with Crippen LogP contribution in [0.1, 0.15) is 27.3 Å². The van der Waals surface area contributed by atoms with Crippen molar-refractivity contribution in [1.29, 1.82) is 0 Å². The number of H-pyrrole nitrogens is 1. The van der Waals surface area contributed by atoms with Crippen LogP contribution in [0.5, 0.6) is 11.5 Å². The number of aromatic amines is 1. The molecular formula is C26H27ClN6O3. The van der Waals surface area contributed by atoms with Crippen molar-refractivity contribution in [3.8, 4) is 11.5 Å². The molecule has 0 atom stereocenters. The van der Waals surface area contributed by atoms with Crippen LogP contribution in [0.3, 0.4) is 0 Å². The molecule has 10 heteroatoms. The van der Waals surface area contributed by atoms with Gasteiger partial charge in [-0.05, 0) is 68.3 Å². The fourth-order valence-electron chi connectivity index (χ4n) is 3.80. The van der Waals surface area contributed by atoms with Crippen molar-refractivity contribution in [2.24, 2.45) is 4.99 Å². The Morgan fingerprint density at radius 3 is 2.50 bits per heavy atom. The number of nitrogens with one attached hydrogen (secondary N) is 3. The normalized spacial score (nSPS) is 11.4. The smallest absolute Gasteiger partial charge is 0.258 e. The number of fused-ring (bicyclic) bond motifs is 1. The number of benzene rings is 2. The summed E-state index contributed by atoms with van der Waals surface area (Å²) in [6.45, 7) is 4.15. The van der Waals surface area contributed by atoms with Gasteiger partial charge in [0.05, 0.1) is 14.2 Å². The highest BCUT2D eigenvalue weighted by molar-refractivity contribution is 6.31. The average Bonchev–Trinajstić information content (AvgIpc) is 3.24. The molecule has 0 spiro atoms. The van der Waals surface area contributed by atoms with Crippen LogP contribution in [0.2, 0.25) is 5.02 Å². The fraction of sp³-hybridized carbons (Fsp3) is 0.231. The molecule has 0 aliphatic rings. The van der Waals surface area contributed by atoms with Gasteiger partial charge in [-0.3, -0.25) is 20.4 Å². The fourth-order valence-corrected chi connectivity index (χ4v) is 3.97. The number of rotatable bonds is 7. The molecule has 1 amide bonds. The van der Waals surface area contributed by atoms with Crippen LogP contribution in [0.25, 0.3) is 10.9 Å². The quantitative estimate of drug-likeness (QED) is 0.247. The Hall–Kier alpha value is -4.11. The summed E-state index contributed by atoms with van der Waals surface area (Å²) in [5.74, 6) is 1.19. The molecule has 0 saturated carbocycles. The molecule has 186 valence electrons. The van der Waals surface area contributed by atoms with E-state index in [9.17, 15) is 4.79 Å². The first kappa shape index (κ1) is 25.0. The lowest BCUT2D eigenvalue weighted by atomic mass is 10.1. The number of amides is 1. The number of ether oxygens (including phenoxy) is 2. The topological polar surface area (TPSA) is 114 Å². The highest BCUT2D eigenvalue weighted by Crippen LogP contribution is 2.27. The Bertz CT molecular complexity index is 1410. The van der Waals surface area contributed by atoms with E-state index in [2.05, 4.69) is 30.6 Å². The van der Waals surface area contributed by atoms with E-state index in [1.807, 2.05) is 44.3 Å². The van der Waals surface area contributed by atoms with Crippen LogP contribution >= 0.6 is 11.6 Å². The van der Waals surface area contributed by atoms with Gasteiger partial charge in [0, 0.05) is 45.6 Å². The van der Waals surface area contributed by atoms with E-state index in [-0.39, 0.29) is 11.9 Å². The van der Waals surface area contributed by atoms with E-state index in [0.29, 0.717) is 41.0 Å². The SMILES string of the molecule is COc1ccc(C(=O)NC(=NCCc2c[nH]c3ccc(Cl)cc23)Nc2nc(C)cc(C)n2)cc1OC. The van der Waals surface area contributed by atoms with Gasteiger partial charge < -0.3 is 14.5 Å². The zero-order valence-electron chi connectivity index (χ0n) is 20.5. The molecule has 9 nitrogen and oxygen atoms in total. The van der Waals surface area contributed by atoms with Crippen LogP contribution in [0, 0.1) is 13.8 Å². The number of methoxy groups -OCH3 is 2. The van der Waals surface area contributed by atoms with Crippen molar-refractivity contribution < 1.29 is 14.3 Å². The Morgan fingerprint density at radius 2 is 1.78 bits per heavy atom. The van der Waals surface area contributed by atoms with Crippen LogP contribution < -0.4 is 20.1 Å². The van der Waals surface area contributed by atoms with Gasteiger partial charge in [-0.15, -0.1) is 0 Å². The summed E-state index contributed by atoms with van der Waals surface area (Å²) in [5.41, 5.74) is 4.05. The second-order valence-electron chi connectivity index (χ2n) is 8.11. The van der Waals surface area contributed by atoms with Gasteiger partial charge >= 0.3 is 0 Å². The maximum Gasteiger partial charge on any atom is 0.258 e. The molecule has 36 heavy (non-hydrogen) atoms. The minimum Gasteiger partial charge on any atom is -0.493 e. The van der Waals surface area contributed by atoms with Gasteiger partial charge in [-0.25, -0.2) is 9.97 Å². The predicted molar refractivity (Wildman–Crippen MR) is 141 cm³/mol.